The van der Waals surface area contributed by atoms with Gasteiger partial charge in [-0.1, -0.05) is 37.3 Å². The second kappa shape index (κ2) is 6.23. The molecule has 1 unspecified atom stereocenters. The number of amides is 1. The molecule has 2 aromatic rings. The van der Waals surface area contributed by atoms with Crippen molar-refractivity contribution >= 4 is 11.6 Å². The van der Waals surface area contributed by atoms with Crippen molar-refractivity contribution in [2.24, 2.45) is 0 Å². The number of hydrogen-bond donors (Lipinski definition) is 3. The van der Waals surface area contributed by atoms with Crippen LogP contribution in [0.25, 0.3) is 0 Å². The number of H-pyrrole nitrogens is 1. The van der Waals surface area contributed by atoms with E-state index in [2.05, 4.69) is 34.6 Å². The van der Waals surface area contributed by atoms with E-state index in [9.17, 15) is 4.79 Å². The predicted molar refractivity (Wildman–Crippen MR) is 79.5 cm³/mol. The van der Waals surface area contributed by atoms with Crippen molar-refractivity contribution in [1.29, 1.82) is 0 Å². The summed E-state index contributed by atoms with van der Waals surface area (Å²) < 4.78 is 0. The number of carbonyl (C=O) groups excluding carboxylic acids is 1. The quantitative estimate of drug-likeness (QED) is 0.780. The third kappa shape index (κ3) is 3.17. The molecule has 1 heterocycles. The van der Waals surface area contributed by atoms with Gasteiger partial charge < -0.3 is 11.1 Å². The molecule has 0 saturated carbocycles. The topological polar surface area (TPSA) is 83.8 Å². The lowest BCUT2D eigenvalue weighted by Gasteiger charge is -2.12. The Labute approximate surface area is 118 Å². The largest absolute Gasteiger partial charge is 0.395 e. The summed E-state index contributed by atoms with van der Waals surface area (Å²) in [5, 5.41) is 9.47. The second-order valence-corrected chi connectivity index (χ2v) is 4.97. The number of nitrogens with one attached hydrogen (secondary N) is 2. The van der Waals surface area contributed by atoms with Gasteiger partial charge in [-0.3, -0.25) is 9.89 Å². The van der Waals surface area contributed by atoms with E-state index >= 15 is 0 Å². The number of benzene rings is 1. The SMILES string of the molecule is Cc1[nH]nc(C(=O)NCCC(C)c2ccccc2)c1N. The molecular weight excluding hydrogens is 252 g/mol. The van der Waals surface area contributed by atoms with Crippen molar-refractivity contribution in [1.82, 2.24) is 15.5 Å². The van der Waals surface area contributed by atoms with Gasteiger partial charge in [0.25, 0.3) is 5.91 Å². The van der Waals surface area contributed by atoms with Crippen LogP contribution in [0.3, 0.4) is 0 Å². The van der Waals surface area contributed by atoms with Crippen LogP contribution in [-0.4, -0.2) is 22.6 Å². The van der Waals surface area contributed by atoms with Crippen LogP contribution in [-0.2, 0) is 0 Å². The molecule has 1 amide bonds. The molecule has 1 aromatic heterocycles. The minimum absolute atomic E-state index is 0.230. The lowest BCUT2D eigenvalue weighted by Crippen LogP contribution is -2.26. The highest BCUT2D eigenvalue weighted by Gasteiger charge is 2.15. The molecule has 106 valence electrons. The Morgan fingerprint density at radius 1 is 1.40 bits per heavy atom. The van der Waals surface area contributed by atoms with Crippen LogP contribution in [0.2, 0.25) is 0 Å². The lowest BCUT2D eigenvalue weighted by atomic mass is 9.98. The second-order valence-electron chi connectivity index (χ2n) is 4.97. The number of aryl methyl sites for hydroxylation is 1. The summed E-state index contributed by atoms with van der Waals surface area (Å²) in [7, 11) is 0. The van der Waals surface area contributed by atoms with Gasteiger partial charge in [-0.25, -0.2) is 0 Å². The number of aromatic nitrogens is 2. The maximum atomic E-state index is 11.9. The van der Waals surface area contributed by atoms with Gasteiger partial charge in [-0.15, -0.1) is 0 Å². The van der Waals surface area contributed by atoms with E-state index in [0.29, 0.717) is 23.8 Å². The number of nitrogens with zero attached hydrogens (tertiary/aromatic N) is 1. The Bertz CT molecular complexity index is 577. The highest BCUT2D eigenvalue weighted by Crippen LogP contribution is 2.18. The smallest absolute Gasteiger partial charge is 0.273 e. The monoisotopic (exact) mass is 272 g/mol. The van der Waals surface area contributed by atoms with Crippen molar-refractivity contribution in [3.8, 4) is 0 Å². The number of aromatic amines is 1. The molecule has 2 rings (SSSR count). The van der Waals surface area contributed by atoms with Crippen LogP contribution >= 0.6 is 0 Å². The first-order valence-corrected chi connectivity index (χ1v) is 6.73. The highest BCUT2D eigenvalue weighted by atomic mass is 16.1. The zero-order valence-corrected chi connectivity index (χ0v) is 11.8. The van der Waals surface area contributed by atoms with E-state index < -0.39 is 0 Å². The molecule has 0 bridgehead atoms. The number of nitrogens with two attached hydrogens (primary N) is 1. The Morgan fingerprint density at radius 2 is 2.10 bits per heavy atom. The molecule has 20 heavy (non-hydrogen) atoms. The third-order valence-corrected chi connectivity index (χ3v) is 3.44. The summed E-state index contributed by atoms with van der Waals surface area (Å²) in [6, 6.07) is 10.2. The number of rotatable bonds is 5. The summed E-state index contributed by atoms with van der Waals surface area (Å²) in [5.41, 5.74) is 8.45. The fourth-order valence-corrected chi connectivity index (χ4v) is 2.05. The molecule has 1 aromatic carbocycles. The van der Waals surface area contributed by atoms with Gasteiger partial charge in [0, 0.05) is 6.54 Å². The summed E-state index contributed by atoms with van der Waals surface area (Å²) in [4.78, 5) is 11.9. The average molecular weight is 272 g/mol. The summed E-state index contributed by atoms with van der Waals surface area (Å²) in [5.74, 6) is 0.168. The van der Waals surface area contributed by atoms with E-state index in [1.54, 1.807) is 6.92 Å². The van der Waals surface area contributed by atoms with E-state index in [0.717, 1.165) is 6.42 Å². The zero-order valence-electron chi connectivity index (χ0n) is 11.8. The molecule has 0 fully saturated rings. The van der Waals surface area contributed by atoms with Crippen LogP contribution in [0.1, 0.15) is 41.0 Å². The summed E-state index contributed by atoms with van der Waals surface area (Å²) >= 11 is 0. The van der Waals surface area contributed by atoms with Crippen LogP contribution in [0, 0.1) is 6.92 Å². The summed E-state index contributed by atoms with van der Waals surface area (Å²) in [6.07, 6.45) is 0.874. The third-order valence-electron chi connectivity index (χ3n) is 3.44. The van der Waals surface area contributed by atoms with E-state index in [4.69, 9.17) is 5.73 Å². The first-order chi connectivity index (χ1) is 9.59. The number of carbonyl (C=O) groups is 1. The van der Waals surface area contributed by atoms with Gasteiger partial charge in [0.15, 0.2) is 5.69 Å². The van der Waals surface area contributed by atoms with Gasteiger partial charge in [-0.2, -0.15) is 5.10 Å². The molecule has 0 radical (unpaired) electrons. The van der Waals surface area contributed by atoms with E-state index in [1.807, 2.05) is 18.2 Å². The molecule has 5 nitrogen and oxygen atoms in total. The van der Waals surface area contributed by atoms with Gasteiger partial charge in [0.2, 0.25) is 0 Å². The first-order valence-electron chi connectivity index (χ1n) is 6.73. The molecule has 4 N–H and O–H groups in total. The van der Waals surface area contributed by atoms with Gasteiger partial charge in [0.1, 0.15) is 0 Å². The van der Waals surface area contributed by atoms with Crippen molar-refractivity contribution in [2.75, 3.05) is 12.3 Å². The van der Waals surface area contributed by atoms with Crippen molar-refractivity contribution < 1.29 is 4.79 Å². The van der Waals surface area contributed by atoms with Crippen LogP contribution < -0.4 is 11.1 Å². The van der Waals surface area contributed by atoms with E-state index in [-0.39, 0.29) is 11.6 Å². The van der Waals surface area contributed by atoms with Crippen molar-refractivity contribution in [3.63, 3.8) is 0 Å². The standard InChI is InChI=1S/C15H20N4O/c1-10(12-6-4-3-5-7-12)8-9-17-15(20)14-13(16)11(2)18-19-14/h3-7,10H,8-9,16H2,1-2H3,(H,17,20)(H,18,19). The fourth-order valence-electron chi connectivity index (χ4n) is 2.05. The molecule has 0 aliphatic carbocycles. The van der Waals surface area contributed by atoms with Crippen molar-refractivity contribution in [3.05, 3.63) is 47.3 Å². The lowest BCUT2D eigenvalue weighted by molar-refractivity contribution is 0.0948. The molecule has 0 aliphatic rings. The number of anilines is 1. The number of hydrogen-bond acceptors (Lipinski definition) is 3. The first kappa shape index (κ1) is 14.1. The maximum absolute atomic E-state index is 11.9. The fraction of sp³-hybridized carbons (Fsp3) is 0.333. The molecule has 5 heteroatoms. The van der Waals surface area contributed by atoms with Crippen LogP contribution in [0.5, 0.6) is 0 Å². The molecule has 0 saturated heterocycles. The van der Waals surface area contributed by atoms with Gasteiger partial charge in [0.05, 0.1) is 11.4 Å². The van der Waals surface area contributed by atoms with Crippen molar-refractivity contribution in [2.45, 2.75) is 26.2 Å². The van der Waals surface area contributed by atoms with Gasteiger partial charge in [-0.05, 0) is 24.8 Å². The van der Waals surface area contributed by atoms with Crippen LogP contribution in [0.4, 0.5) is 5.69 Å². The van der Waals surface area contributed by atoms with Crippen LogP contribution in [0.15, 0.2) is 30.3 Å². The van der Waals surface area contributed by atoms with Gasteiger partial charge >= 0.3 is 0 Å². The number of nitrogen functional groups attached to an aromatic ring is 1. The Hall–Kier alpha value is -2.30. The molecule has 1 atom stereocenters. The Balaban J connectivity index is 1.84. The summed E-state index contributed by atoms with van der Waals surface area (Å²) in [6.45, 7) is 4.53. The zero-order chi connectivity index (χ0) is 14.5. The molecule has 0 spiro atoms. The highest BCUT2D eigenvalue weighted by molar-refractivity contribution is 5.97. The normalized spacial score (nSPS) is 12.1. The maximum Gasteiger partial charge on any atom is 0.273 e. The Morgan fingerprint density at radius 3 is 2.70 bits per heavy atom. The predicted octanol–water partition coefficient (Wildman–Crippen LogP) is 2.22. The minimum atomic E-state index is -0.230. The molecule has 0 aliphatic heterocycles. The van der Waals surface area contributed by atoms with E-state index in [1.165, 1.54) is 5.56 Å². The average Bonchev–Trinajstić information content (AvgIpc) is 2.80. The minimum Gasteiger partial charge on any atom is -0.395 e. The molecular formula is C15H20N4O. The Kier molecular flexibility index (Phi) is 4.40.